The normalized spacial score (nSPS) is 40.0. The van der Waals surface area contributed by atoms with Crippen LogP contribution < -0.4 is 11.2 Å². The Morgan fingerprint density at radius 2 is 1.74 bits per heavy atom. The van der Waals surface area contributed by atoms with E-state index >= 15 is 0 Å². The molecule has 0 aromatic carbocycles. The first-order chi connectivity index (χ1) is 12.6. The zero-order valence-electron chi connectivity index (χ0n) is 15.6. The van der Waals surface area contributed by atoms with Crippen LogP contribution in [0.4, 0.5) is 0 Å². The van der Waals surface area contributed by atoms with Crippen molar-refractivity contribution in [2.24, 2.45) is 0 Å². The Kier molecular flexibility index (Phi) is 4.33. The number of aromatic amines is 1. The first kappa shape index (κ1) is 18.8. The molecule has 0 aliphatic carbocycles. The van der Waals surface area contributed by atoms with E-state index in [2.05, 4.69) is 4.98 Å². The van der Waals surface area contributed by atoms with E-state index in [-0.39, 0.29) is 6.61 Å². The van der Waals surface area contributed by atoms with Crippen LogP contribution in [-0.4, -0.2) is 63.4 Å². The van der Waals surface area contributed by atoms with Crippen molar-refractivity contribution in [2.75, 3.05) is 6.61 Å². The molecule has 3 fully saturated rings. The number of nitrogens with zero attached hydrogens (tertiary/aromatic N) is 1. The number of H-pyrrole nitrogens is 1. The number of fused-ring (bicyclic) bond motifs is 3. The van der Waals surface area contributed by atoms with Crippen LogP contribution in [0.25, 0.3) is 0 Å². The zero-order chi connectivity index (χ0) is 19.6. The summed E-state index contributed by atoms with van der Waals surface area (Å²) in [6, 6.07) is 1.18. The maximum absolute atomic E-state index is 12.3. The fourth-order valence-corrected chi connectivity index (χ4v) is 3.83. The third-order valence-corrected chi connectivity index (χ3v) is 4.94. The Labute approximate surface area is 154 Å². The molecule has 0 amide bonds. The second-order valence-corrected chi connectivity index (χ2v) is 7.93. The highest BCUT2D eigenvalue weighted by molar-refractivity contribution is 5.01. The molecule has 10 heteroatoms. The molecule has 27 heavy (non-hydrogen) atoms. The molecule has 150 valence electrons. The number of hydrogen-bond acceptors (Lipinski definition) is 8. The maximum atomic E-state index is 12.3. The smallest absolute Gasteiger partial charge is 0.330 e. The summed E-state index contributed by atoms with van der Waals surface area (Å²) >= 11 is 0. The molecule has 4 unspecified atom stereocenters. The minimum atomic E-state index is -1.24. The summed E-state index contributed by atoms with van der Waals surface area (Å²) in [5, 5.41) is 11.0. The third-order valence-electron chi connectivity index (χ3n) is 4.94. The van der Waals surface area contributed by atoms with Crippen molar-refractivity contribution in [3.8, 4) is 0 Å². The fourth-order valence-electron chi connectivity index (χ4n) is 3.83. The largest absolute Gasteiger partial charge is 0.386 e. The second kappa shape index (κ2) is 6.23. The van der Waals surface area contributed by atoms with E-state index in [1.165, 1.54) is 12.3 Å². The van der Waals surface area contributed by atoms with Gasteiger partial charge < -0.3 is 28.8 Å². The van der Waals surface area contributed by atoms with E-state index in [0.717, 1.165) is 4.57 Å². The van der Waals surface area contributed by atoms with Gasteiger partial charge in [-0.15, -0.1) is 0 Å². The molecule has 4 rings (SSSR count). The lowest BCUT2D eigenvalue weighted by atomic mass is 9.99. The Morgan fingerprint density at radius 1 is 1.07 bits per heavy atom. The highest BCUT2D eigenvalue weighted by atomic mass is 16.8. The van der Waals surface area contributed by atoms with Crippen LogP contribution in [-0.2, 0) is 23.7 Å². The van der Waals surface area contributed by atoms with Gasteiger partial charge in [0, 0.05) is 12.3 Å². The molecular formula is C17H24N2O8. The number of aliphatic hydroxyl groups excluding tert-OH is 1. The molecule has 3 saturated heterocycles. The Hall–Kier alpha value is -1.56. The van der Waals surface area contributed by atoms with Crippen LogP contribution >= 0.6 is 0 Å². The Morgan fingerprint density at radius 3 is 2.44 bits per heavy atom. The summed E-state index contributed by atoms with van der Waals surface area (Å²) in [6.07, 6.45) is -3.66. The van der Waals surface area contributed by atoms with Crippen LogP contribution in [0.3, 0.4) is 0 Å². The predicted octanol–water partition coefficient (Wildman–Crippen LogP) is -0.533. The van der Waals surface area contributed by atoms with E-state index < -0.39 is 59.6 Å². The van der Waals surface area contributed by atoms with Gasteiger partial charge in [0.1, 0.15) is 30.5 Å². The summed E-state index contributed by atoms with van der Waals surface area (Å²) in [5.41, 5.74) is -1.24. The van der Waals surface area contributed by atoms with Crippen molar-refractivity contribution in [1.82, 2.24) is 9.55 Å². The lowest BCUT2D eigenvalue weighted by Crippen LogP contribution is -2.55. The molecule has 1 aromatic rings. The topological polar surface area (TPSA) is 121 Å². The highest BCUT2D eigenvalue weighted by Gasteiger charge is 2.58. The van der Waals surface area contributed by atoms with Gasteiger partial charge in [0.25, 0.3) is 5.56 Å². The monoisotopic (exact) mass is 384 g/mol. The average Bonchev–Trinajstić information content (AvgIpc) is 2.84. The number of aromatic nitrogens is 2. The van der Waals surface area contributed by atoms with Gasteiger partial charge in [-0.2, -0.15) is 0 Å². The summed E-state index contributed by atoms with van der Waals surface area (Å²) in [5.74, 6) is -1.80. The molecule has 0 bridgehead atoms. The minimum absolute atomic E-state index is 0.187. The molecule has 3 aliphatic rings. The molecule has 4 heterocycles. The summed E-state index contributed by atoms with van der Waals surface area (Å²) in [6.45, 7) is 7.24. The summed E-state index contributed by atoms with van der Waals surface area (Å²) in [7, 11) is 0. The Bertz CT molecular complexity index is 831. The number of hydrogen-bond donors (Lipinski definition) is 2. The van der Waals surface area contributed by atoms with Gasteiger partial charge in [-0.3, -0.25) is 14.3 Å². The van der Waals surface area contributed by atoms with Gasteiger partial charge in [0.2, 0.25) is 0 Å². The van der Waals surface area contributed by atoms with Gasteiger partial charge in [0.05, 0.1) is 6.61 Å². The maximum Gasteiger partial charge on any atom is 0.330 e. The van der Waals surface area contributed by atoms with Crippen LogP contribution in [0.5, 0.6) is 0 Å². The molecule has 2 N–H and O–H groups in total. The van der Waals surface area contributed by atoms with E-state index in [0.29, 0.717) is 0 Å². The van der Waals surface area contributed by atoms with Gasteiger partial charge in [-0.25, -0.2) is 4.79 Å². The van der Waals surface area contributed by atoms with Crippen molar-refractivity contribution in [3.05, 3.63) is 33.1 Å². The summed E-state index contributed by atoms with van der Waals surface area (Å²) < 4.78 is 30.8. The van der Waals surface area contributed by atoms with Gasteiger partial charge in [-0.1, -0.05) is 0 Å². The van der Waals surface area contributed by atoms with Crippen molar-refractivity contribution in [3.63, 3.8) is 0 Å². The molecule has 1 aromatic heterocycles. The lowest BCUT2D eigenvalue weighted by molar-refractivity contribution is -0.332. The predicted molar refractivity (Wildman–Crippen MR) is 90.0 cm³/mol. The lowest BCUT2D eigenvalue weighted by Gasteiger charge is -2.42. The van der Waals surface area contributed by atoms with Gasteiger partial charge >= 0.3 is 5.69 Å². The standard InChI is InChI=1S/C17H24N2O8/c1-16(2)23-7-8-11(25-16)13-12(26-17(3,4)27-13)10(21)14(24-8)19-6-5-9(20)18-15(19)22/h5-6,8,10-14,21H,7H2,1-4H3,(H,18,20,22)/t8?,10?,11-,12-,13?,14?/m1/s1. The average molecular weight is 384 g/mol. The molecule has 3 aliphatic heterocycles. The first-order valence-electron chi connectivity index (χ1n) is 8.89. The van der Waals surface area contributed by atoms with Crippen molar-refractivity contribution >= 4 is 0 Å². The number of ether oxygens (including phenoxy) is 5. The van der Waals surface area contributed by atoms with E-state index in [4.69, 9.17) is 23.7 Å². The number of nitrogens with one attached hydrogen (secondary N) is 1. The summed E-state index contributed by atoms with van der Waals surface area (Å²) in [4.78, 5) is 25.8. The molecule has 0 saturated carbocycles. The molecular weight excluding hydrogens is 360 g/mol. The SMILES string of the molecule is CC1(C)OCC2OC(n3ccc(=O)[nH]c3=O)C(O)[C@H]3OC(C)(C)OC3[C@@H]2O1. The van der Waals surface area contributed by atoms with E-state index in [1.807, 2.05) is 0 Å². The van der Waals surface area contributed by atoms with Crippen LogP contribution in [0, 0.1) is 0 Å². The highest BCUT2D eigenvalue weighted by Crippen LogP contribution is 2.42. The molecule has 0 spiro atoms. The third kappa shape index (κ3) is 3.37. The van der Waals surface area contributed by atoms with E-state index in [1.54, 1.807) is 27.7 Å². The van der Waals surface area contributed by atoms with Crippen molar-refractivity contribution in [1.29, 1.82) is 0 Å². The van der Waals surface area contributed by atoms with Crippen molar-refractivity contribution in [2.45, 2.75) is 76.0 Å². The molecule has 6 atom stereocenters. The zero-order valence-corrected chi connectivity index (χ0v) is 15.6. The fraction of sp³-hybridized carbons (Fsp3) is 0.765. The number of aliphatic hydroxyl groups is 1. The van der Waals surface area contributed by atoms with Crippen LogP contribution in [0.1, 0.15) is 33.9 Å². The van der Waals surface area contributed by atoms with Crippen LogP contribution in [0.2, 0.25) is 0 Å². The first-order valence-corrected chi connectivity index (χ1v) is 8.89. The quantitative estimate of drug-likeness (QED) is 0.663. The van der Waals surface area contributed by atoms with Gasteiger partial charge in [-0.05, 0) is 27.7 Å². The van der Waals surface area contributed by atoms with Crippen molar-refractivity contribution < 1.29 is 28.8 Å². The molecule has 0 radical (unpaired) electrons. The number of rotatable bonds is 1. The van der Waals surface area contributed by atoms with E-state index in [9.17, 15) is 14.7 Å². The minimum Gasteiger partial charge on any atom is -0.386 e. The second-order valence-electron chi connectivity index (χ2n) is 7.93. The molecule has 10 nitrogen and oxygen atoms in total. The van der Waals surface area contributed by atoms with Gasteiger partial charge in [0.15, 0.2) is 17.8 Å². The van der Waals surface area contributed by atoms with Crippen LogP contribution in [0.15, 0.2) is 21.9 Å². The Balaban J connectivity index is 1.76.